The highest BCUT2D eigenvalue weighted by atomic mass is 15.0. The van der Waals surface area contributed by atoms with Gasteiger partial charge in [-0.1, -0.05) is 105 Å². The maximum atomic E-state index is 9.73. The van der Waals surface area contributed by atoms with E-state index in [1.807, 2.05) is 0 Å². The number of para-hydroxylation sites is 3. The lowest BCUT2D eigenvalue weighted by Crippen LogP contribution is -2.10. The summed E-state index contributed by atoms with van der Waals surface area (Å²) in [5, 5.41) is -2.58. The highest BCUT2D eigenvalue weighted by Gasteiger charge is 2.18. The Morgan fingerprint density at radius 3 is 1.45 bits per heavy atom. The lowest BCUT2D eigenvalue weighted by atomic mass is 9.86. The Morgan fingerprint density at radius 1 is 0.476 bits per heavy atom. The largest absolute Gasteiger partial charge is 0.309 e. The number of hydrogen-bond donors (Lipinski definition) is 0. The van der Waals surface area contributed by atoms with Gasteiger partial charge in [0.25, 0.3) is 0 Å². The third kappa shape index (κ3) is 3.79. The summed E-state index contributed by atoms with van der Waals surface area (Å²) in [5.74, 6) is 0. The maximum Gasteiger partial charge on any atom is 0.0651 e. The van der Waals surface area contributed by atoms with Crippen molar-refractivity contribution in [1.29, 1.82) is 0 Å². The van der Waals surface area contributed by atoms with Gasteiger partial charge in [0.1, 0.15) is 0 Å². The molecule has 42 heavy (non-hydrogen) atoms. The van der Waals surface area contributed by atoms with Crippen LogP contribution in [0.5, 0.6) is 0 Å². The van der Waals surface area contributed by atoms with Crippen molar-refractivity contribution in [2.45, 2.75) is 26.0 Å². The molecule has 0 spiro atoms. The van der Waals surface area contributed by atoms with Crippen LogP contribution in [-0.4, -0.2) is 9.13 Å². The van der Waals surface area contributed by atoms with Gasteiger partial charge in [-0.2, -0.15) is 0 Å². The normalized spacial score (nSPS) is 22.9. The van der Waals surface area contributed by atoms with Crippen molar-refractivity contribution in [3.8, 4) is 22.5 Å². The Morgan fingerprint density at radius 2 is 0.952 bits per heavy atom. The van der Waals surface area contributed by atoms with E-state index in [-0.39, 0.29) is 0 Å². The molecule has 0 atom stereocenters. The molecule has 2 heterocycles. The number of rotatable bonds is 3. The van der Waals surface area contributed by atoms with Gasteiger partial charge in [-0.05, 0) is 76.5 Å². The van der Waals surface area contributed by atoms with E-state index in [2.05, 4.69) is 0 Å². The molecule has 0 aliphatic rings. The summed E-state index contributed by atoms with van der Waals surface area (Å²) < 4.78 is 266. The predicted octanol–water partition coefficient (Wildman–Crippen LogP) is 10.8. The van der Waals surface area contributed by atoms with Gasteiger partial charge in [0.05, 0.1) is 53.6 Å². The standard InChI is InChI=1S/C40H32N2/c1-40(2,3)29-22-23-39-35(26-29)34-18-6-9-21-38(34)42(39)31-15-11-13-28(25-31)27-12-10-14-30(24-27)41-36-19-7-4-16-32(36)33-17-5-8-20-37(33)41/h4-26H,1-3H3/i1D,2D3,3D3,4D,5D,6D,7D,8D,9D,10D,11D,12D,13D,14D,15D,16D,17D,18D,19D,20D,21D,22D,23D,24D,25D,26D. The highest BCUT2D eigenvalue weighted by molar-refractivity contribution is 6.10. The second-order valence-electron chi connectivity index (χ2n) is 9.17. The highest BCUT2D eigenvalue weighted by Crippen LogP contribution is 2.37. The molecule has 0 unspecified atom stereocenters. The van der Waals surface area contributed by atoms with Gasteiger partial charge >= 0.3 is 0 Å². The van der Waals surface area contributed by atoms with Crippen molar-refractivity contribution in [1.82, 2.24) is 9.13 Å². The molecular weight excluding hydrogens is 508 g/mol. The van der Waals surface area contributed by atoms with Crippen molar-refractivity contribution in [2.24, 2.45) is 0 Å². The van der Waals surface area contributed by atoms with Gasteiger partial charge < -0.3 is 9.13 Å². The van der Waals surface area contributed by atoms with E-state index in [0.717, 1.165) is 0 Å². The number of aromatic nitrogens is 2. The maximum absolute atomic E-state index is 9.73. The topological polar surface area (TPSA) is 9.86 Å². The van der Waals surface area contributed by atoms with Crippen molar-refractivity contribution >= 4 is 43.6 Å². The first-order valence-electron chi connectivity index (χ1n) is 27.4. The van der Waals surface area contributed by atoms with Crippen LogP contribution in [0.25, 0.3) is 66.1 Å². The van der Waals surface area contributed by atoms with E-state index < -0.39 is 237 Å². The molecule has 0 saturated heterocycles. The van der Waals surface area contributed by atoms with Gasteiger partial charge in [-0.3, -0.25) is 0 Å². The molecule has 0 aliphatic heterocycles. The van der Waals surface area contributed by atoms with Gasteiger partial charge in [0.15, 0.2) is 0 Å². The lowest BCUT2D eigenvalue weighted by Gasteiger charge is -2.19. The molecule has 2 nitrogen and oxygen atoms in total. The Bertz CT molecular complexity index is 3710. The predicted molar refractivity (Wildman–Crippen MR) is 179 cm³/mol. The Labute approximate surface area is 288 Å². The average molecular weight is 571 g/mol. The van der Waals surface area contributed by atoms with E-state index in [1.54, 1.807) is 0 Å². The Balaban J connectivity index is 1.63. The summed E-state index contributed by atoms with van der Waals surface area (Å²) >= 11 is 0. The Hall–Kier alpha value is -5.08. The van der Waals surface area contributed by atoms with Crippen LogP contribution in [0.2, 0.25) is 0 Å². The van der Waals surface area contributed by atoms with Gasteiger partial charge in [0.2, 0.25) is 0 Å². The zero-order valence-corrected chi connectivity index (χ0v) is 21.1. The first-order chi connectivity index (χ1) is 33.1. The molecule has 0 aliphatic carbocycles. The monoisotopic (exact) mass is 570 g/mol. The minimum atomic E-state index is -3.70. The third-order valence-electron chi connectivity index (χ3n) is 6.54. The van der Waals surface area contributed by atoms with Crippen LogP contribution in [0.4, 0.5) is 0 Å². The second-order valence-corrected chi connectivity index (χ2v) is 9.17. The smallest absolute Gasteiger partial charge is 0.0651 e. The Kier molecular flexibility index (Phi) is 1.91. The summed E-state index contributed by atoms with van der Waals surface area (Å²) in [6.07, 6.45) is 0. The summed E-state index contributed by atoms with van der Waals surface area (Å²) in [4.78, 5) is 0. The summed E-state index contributed by atoms with van der Waals surface area (Å²) in [6, 6.07) is -23.6. The van der Waals surface area contributed by atoms with Crippen LogP contribution in [-0.2, 0) is 5.41 Å². The molecule has 0 fully saturated rings. The SMILES string of the molecule is [2H]CC(c1c([2H])c([2H])c2c(c1[2H])c1c([2H])c([2H])c([2H])c([2H])c1n2-c1c([2H])c([2H])c([2H])c(-c2c([2H])c([2H])c([2H])c(-n3c4c([2H])c([2H])c([2H])c([2H])c4c4c([2H])c([2H])c([2H])c([2H])c43)c2[2H])c1[2H])(C([2H])([2H])[2H])C([2H])([2H])[2H]. The zero-order chi connectivity index (χ0) is 54.1. The van der Waals surface area contributed by atoms with Crippen LogP contribution in [0.1, 0.15) is 67.3 Å². The summed E-state index contributed by atoms with van der Waals surface area (Å²) in [7, 11) is 0. The van der Waals surface area contributed by atoms with Gasteiger partial charge in [-0.15, -0.1) is 0 Å². The fourth-order valence-corrected chi connectivity index (χ4v) is 4.74. The van der Waals surface area contributed by atoms with Crippen LogP contribution in [0.3, 0.4) is 0 Å². The number of nitrogens with zero attached hydrogens (tertiary/aromatic N) is 2. The molecule has 2 heteroatoms. The third-order valence-corrected chi connectivity index (χ3v) is 6.54. The van der Waals surface area contributed by atoms with Crippen molar-refractivity contribution in [2.75, 3.05) is 0 Å². The van der Waals surface area contributed by atoms with Crippen LogP contribution < -0.4 is 0 Å². The van der Waals surface area contributed by atoms with E-state index in [1.165, 1.54) is 0 Å². The molecular formula is C40H32N2. The van der Waals surface area contributed by atoms with E-state index in [4.69, 9.17) is 34.3 Å². The number of benzene rings is 6. The van der Waals surface area contributed by atoms with Crippen molar-refractivity contribution in [3.63, 3.8) is 0 Å². The van der Waals surface area contributed by atoms with Crippen LogP contribution in [0.15, 0.2) is 139 Å². The second kappa shape index (κ2) is 9.22. The molecule has 8 rings (SSSR count). The van der Waals surface area contributed by atoms with Crippen LogP contribution >= 0.6 is 0 Å². The first-order valence-corrected chi connectivity index (χ1v) is 12.2. The molecule has 6 aromatic carbocycles. The van der Waals surface area contributed by atoms with Gasteiger partial charge in [-0.25, -0.2) is 0 Å². The minimum Gasteiger partial charge on any atom is -0.309 e. The summed E-state index contributed by atoms with van der Waals surface area (Å²) in [6.45, 7) is -8.92. The summed E-state index contributed by atoms with van der Waals surface area (Å²) in [5.41, 5.74) is -11.3. The lowest BCUT2D eigenvalue weighted by molar-refractivity contribution is 0.591. The average Bonchev–Trinajstić information content (AvgIpc) is 3.84. The molecule has 0 N–H and O–H groups in total. The minimum absolute atomic E-state index is 0.507. The molecule has 0 bridgehead atoms. The van der Waals surface area contributed by atoms with Crippen molar-refractivity contribution < 1.29 is 41.1 Å². The quantitative estimate of drug-likeness (QED) is 0.200. The fraction of sp³-hybridized carbons (Fsp3) is 0.100. The number of hydrogen-bond acceptors (Lipinski definition) is 0. The molecule has 0 amide bonds. The molecule has 8 aromatic rings. The van der Waals surface area contributed by atoms with E-state index in [0.29, 0.717) is 9.13 Å². The molecule has 2 aromatic heterocycles. The zero-order valence-electron chi connectivity index (χ0n) is 51.1. The van der Waals surface area contributed by atoms with Gasteiger partial charge in [0, 0.05) is 42.5 Å². The van der Waals surface area contributed by atoms with E-state index in [9.17, 15) is 6.85 Å². The van der Waals surface area contributed by atoms with Crippen LogP contribution in [0, 0.1) is 0 Å². The molecule has 0 saturated carbocycles. The van der Waals surface area contributed by atoms with Crippen molar-refractivity contribution in [3.05, 3.63) is 145 Å². The fourth-order valence-electron chi connectivity index (χ4n) is 4.74. The first kappa shape index (κ1) is 8.72. The molecule has 202 valence electrons. The molecule has 0 radical (unpaired) electrons. The van der Waals surface area contributed by atoms with E-state index >= 15 is 0 Å². The number of fused-ring (bicyclic) bond motifs is 6.